The van der Waals surface area contributed by atoms with Gasteiger partial charge in [-0.05, 0) is 35.6 Å². The van der Waals surface area contributed by atoms with Crippen molar-refractivity contribution in [2.75, 3.05) is 0 Å². The van der Waals surface area contributed by atoms with Crippen LogP contribution in [0, 0.1) is 6.92 Å². The summed E-state index contributed by atoms with van der Waals surface area (Å²) >= 11 is 0. The standard InChI is InChI=1S/C19H25/c1-3-4-5-6-7-11-16(2)18-15-10-13-17-12-8-9-14-19(17)18/h8-10,12-16H,2-7,11H2,1H3. The molecule has 0 aliphatic carbocycles. The van der Waals surface area contributed by atoms with Gasteiger partial charge in [-0.3, -0.25) is 0 Å². The SMILES string of the molecule is [CH2]C(CCCCCCC)c1cccc2ccccc12. The number of unbranched alkanes of at least 4 members (excludes halogenated alkanes) is 4. The van der Waals surface area contributed by atoms with Gasteiger partial charge < -0.3 is 0 Å². The lowest BCUT2D eigenvalue weighted by atomic mass is 9.91. The highest BCUT2D eigenvalue weighted by atomic mass is 14.1. The molecule has 0 heterocycles. The smallest absolute Gasteiger partial charge is 0.0149 e. The number of benzene rings is 2. The van der Waals surface area contributed by atoms with E-state index in [0.717, 1.165) is 0 Å². The minimum atomic E-state index is 0.424. The molecule has 2 rings (SSSR count). The second kappa shape index (κ2) is 7.33. The van der Waals surface area contributed by atoms with Crippen LogP contribution in [0.15, 0.2) is 42.5 Å². The third kappa shape index (κ3) is 3.83. The van der Waals surface area contributed by atoms with Crippen LogP contribution in [0.4, 0.5) is 0 Å². The highest BCUT2D eigenvalue weighted by Crippen LogP contribution is 2.28. The van der Waals surface area contributed by atoms with Crippen LogP contribution in [0.25, 0.3) is 10.8 Å². The zero-order chi connectivity index (χ0) is 13.5. The Kier molecular flexibility index (Phi) is 5.44. The average Bonchev–Trinajstić information content (AvgIpc) is 2.46. The Balaban J connectivity index is 1.99. The minimum absolute atomic E-state index is 0.424. The molecule has 0 heteroatoms. The summed E-state index contributed by atoms with van der Waals surface area (Å²) in [4.78, 5) is 0. The van der Waals surface area contributed by atoms with E-state index in [2.05, 4.69) is 56.3 Å². The number of hydrogen-bond acceptors (Lipinski definition) is 0. The zero-order valence-electron chi connectivity index (χ0n) is 12.1. The van der Waals surface area contributed by atoms with E-state index in [1.54, 1.807) is 0 Å². The van der Waals surface area contributed by atoms with Gasteiger partial charge in [0, 0.05) is 0 Å². The van der Waals surface area contributed by atoms with Crippen LogP contribution < -0.4 is 0 Å². The summed E-state index contributed by atoms with van der Waals surface area (Å²) in [7, 11) is 0. The van der Waals surface area contributed by atoms with Crippen molar-refractivity contribution in [1.29, 1.82) is 0 Å². The molecular weight excluding hydrogens is 228 g/mol. The average molecular weight is 253 g/mol. The Labute approximate surface area is 117 Å². The molecule has 0 bridgehead atoms. The number of hydrogen-bond donors (Lipinski definition) is 0. The molecule has 1 atom stereocenters. The zero-order valence-corrected chi connectivity index (χ0v) is 12.1. The molecule has 2 aromatic rings. The molecule has 0 saturated heterocycles. The normalized spacial score (nSPS) is 12.7. The summed E-state index contributed by atoms with van der Waals surface area (Å²) in [6.07, 6.45) is 7.92. The van der Waals surface area contributed by atoms with Gasteiger partial charge in [-0.25, -0.2) is 0 Å². The fourth-order valence-corrected chi connectivity index (χ4v) is 2.76. The van der Waals surface area contributed by atoms with E-state index in [1.165, 1.54) is 54.9 Å². The fourth-order valence-electron chi connectivity index (χ4n) is 2.76. The molecule has 0 N–H and O–H groups in total. The monoisotopic (exact) mass is 253 g/mol. The molecular formula is C19H25. The second-order valence-corrected chi connectivity index (χ2v) is 5.47. The first-order chi connectivity index (χ1) is 9.33. The molecule has 0 aromatic heterocycles. The van der Waals surface area contributed by atoms with E-state index in [9.17, 15) is 0 Å². The first kappa shape index (κ1) is 14.1. The van der Waals surface area contributed by atoms with Gasteiger partial charge in [0.15, 0.2) is 0 Å². The third-order valence-electron chi connectivity index (χ3n) is 3.92. The van der Waals surface area contributed by atoms with Gasteiger partial charge >= 0.3 is 0 Å². The summed E-state index contributed by atoms with van der Waals surface area (Å²) < 4.78 is 0. The molecule has 101 valence electrons. The van der Waals surface area contributed by atoms with E-state index in [0.29, 0.717) is 5.92 Å². The molecule has 2 aromatic carbocycles. The van der Waals surface area contributed by atoms with Crippen molar-refractivity contribution in [3.8, 4) is 0 Å². The van der Waals surface area contributed by atoms with Crippen LogP contribution in [0.1, 0.15) is 56.9 Å². The predicted octanol–water partition coefficient (Wildman–Crippen LogP) is 6.12. The lowest BCUT2D eigenvalue weighted by molar-refractivity contribution is 0.586. The van der Waals surface area contributed by atoms with Gasteiger partial charge in [0.25, 0.3) is 0 Å². The van der Waals surface area contributed by atoms with E-state index in [1.807, 2.05) is 0 Å². The first-order valence-electron chi connectivity index (χ1n) is 7.63. The molecule has 19 heavy (non-hydrogen) atoms. The molecule has 0 fully saturated rings. The summed E-state index contributed by atoms with van der Waals surface area (Å²) in [6.45, 7) is 6.64. The number of fused-ring (bicyclic) bond motifs is 1. The van der Waals surface area contributed by atoms with Gasteiger partial charge in [0.1, 0.15) is 0 Å². The van der Waals surface area contributed by atoms with Crippen molar-refractivity contribution < 1.29 is 0 Å². The predicted molar refractivity (Wildman–Crippen MR) is 85.4 cm³/mol. The van der Waals surface area contributed by atoms with Gasteiger partial charge in [-0.2, -0.15) is 0 Å². The van der Waals surface area contributed by atoms with Gasteiger partial charge in [-0.15, -0.1) is 0 Å². The second-order valence-electron chi connectivity index (χ2n) is 5.47. The van der Waals surface area contributed by atoms with Gasteiger partial charge in [0.2, 0.25) is 0 Å². The highest BCUT2D eigenvalue weighted by molar-refractivity contribution is 5.86. The molecule has 0 aliphatic rings. The molecule has 1 unspecified atom stereocenters. The lowest BCUT2D eigenvalue weighted by Gasteiger charge is -2.14. The number of rotatable bonds is 7. The van der Waals surface area contributed by atoms with E-state index < -0.39 is 0 Å². The highest BCUT2D eigenvalue weighted by Gasteiger charge is 2.08. The van der Waals surface area contributed by atoms with Crippen molar-refractivity contribution in [3.05, 3.63) is 55.0 Å². The van der Waals surface area contributed by atoms with Crippen molar-refractivity contribution >= 4 is 10.8 Å². The summed E-state index contributed by atoms with van der Waals surface area (Å²) in [6, 6.07) is 15.2. The lowest BCUT2D eigenvalue weighted by Crippen LogP contribution is -1.95. The van der Waals surface area contributed by atoms with Crippen LogP contribution in [0.3, 0.4) is 0 Å². The van der Waals surface area contributed by atoms with Crippen LogP contribution in [-0.2, 0) is 0 Å². The Morgan fingerprint density at radius 2 is 1.63 bits per heavy atom. The summed E-state index contributed by atoms with van der Waals surface area (Å²) in [5.74, 6) is 0.424. The maximum atomic E-state index is 4.38. The van der Waals surface area contributed by atoms with Crippen LogP contribution in [0.5, 0.6) is 0 Å². The molecule has 1 radical (unpaired) electrons. The maximum Gasteiger partial charge on any atom is -0.0149 e. The van der Waals surface area contributed by atoms with Gasteiger partial charge in [0.05, 0.1) is 0 Å². The maximum absolute atomic E-state index is 4.38. The largest absolute Gasteiger partial charge is 0.0654 e. The Hall–Kier alpha value is -1.30. The Morgan fingerprint density at radius 1 is 0.895 bits per heavy atom. The van der Waals surface area contributed by atoms with E-state index >= 15 is 0 Å². The van der Waals surface area contributed by atoms with Crippen molar-refractivity contribution in [2.45, 2.75) is 51.4 Å². The van der Waals surface area contributed by atoms with E-state index in [4.69, 9.17) is 0 Å². The molecule has 0 spiro atoms. The molecule has 0 saturated carbocycles. The van der Waals surface area contributed by atoms with Gasteiger partial charge in [-0.1, -0.05) is 81.5 Å². The van der Waals surface area contributed by atoms with Crippen molar-refractivity contribution in [2.24, 2.45) is 0 Å². The van der Waals surface area contributed by atoms with E-state index in [-0.39, 0.29) is 0 Å². The fraction of sp³-hybridized carbons (Fsp3) is 0.421. The Bertz CT molecular complexity index is 493. The van der Waals surface area contributed by atoms with Crippen molar-refractivity contribution in [3.63, 3.8) is 0 Å². The third-order valence-corrected chi connectivity index (χ3v) is 3.92. The minimum Gasteiger partial charge on any atom is -0.0654 e. The molecule has 0 nitrogen and oxygen atoms in total. The summed E-state index contributed by atoms with van der Waals surface area (Å²) in [5.41, 5.74) is 1.41. The quantitative estimate of drug-likeness (QED) is 0.521. The molecule has 0 aliphatic heterocycles. The van der Waals surface area contributed by atoms with Crippen LogP contribution in [0.2, 0.25) is 0 Å². The molecule has 0 amide bonds. The topological polar surface area (TPSA) is 0 Å². The Morgan fingerprint density at radius 3 is 2.47 bits per heavy atom. The van der Waals surface area contributed by atoms with Crippen LogP contribution in [-0.4, -0.2) is 0 Å². The first-order valence-corrected chi connectivity index (χ1v) is 7.63. The van der Waals surface area contributed by atoms with Crippen LogP contribution >= 0.6 is 0 Å². The van der Waals surface area contributed by atoms with Crippen molar-refractivity contribution in [1.82, 2.24) is 0 Å². The summed E-state index contributed by atoms with van der Waals surface area (Å²) in [5, 5.41) is 2.71.